The van der Waals surface area contributed by atoms with E-state index in [0.29, 0.717) is 19.1 Å². The van der Waals surface area contributed by atoms with Crippen molar-refractivity contribution >= 4 is 5.91 Å². The monoisotopic (exact) mass is 355 g/mol. The SMILES string of the molecule is Cc1cc(C(=O)N2CCC(C3OCCO3)CC2)c(C)n1-c1ccccn1. The molecule has 0 aromatic carbocycles. The van der Waals surface area contributed by atoms with E-state index in [4.69, 9.17) is 9.47 Å². The summed E-state index contributed by atoms with van der Waals surface area (Å²) >= 11 is 0. The summed E-state index contributed by atoms with van der Waals surface area (Å²) in [6.45, 7) is 6.87. The molecule has 0 unspecified atom stereocenters. The van der Waals surface area contributed by atoms with Gasteiger partial charge in [0.15, 0.2) is 6.29 Å². The van der Waals surface area contributed by atoms with E-state index >= 15 is 0 Å². The lowest BCUT2D eigenvalue weighted by atomic mass is 9.95. The zero-order valence-electron chi connectivity index (χ0n) is 15.4. The zero-order chi connectivity index (χ0) is 18.1. The van der Waals surface area contributed by atoms with Gasteiger partial charge in [-0.2, -0.15) is 0 Å². The van der Waals surface area contributed by atoms with Crippen molar-refractivity contribution in [1.29, 1.82) is 0 Å². The number of nitrogens with zero attached hydrogens (tertiary/aromatic N) is 3. The Morgan fingerprint density at radius 1 is 1.15 bits per heavy atom. The largest absolute Gasteiger partial charge is 0.350 e. The molecule has 6 nitrogen and oxygen atoms in total. The number of hydrogen-bond acceptors (Lipinski definition) is 4. The van der Waals surface area contributed by atoms with Crippen molar-refractivity contribution in [1.82, 2.24) is 14.5 Å². The Hall–Kier alpha value is -2.18. The molecule has 0 saturated carbocycles. The summed E-state index contributed by atoms with van der Waals surface area (Å²) in [4.78, 5) is 19.4. The predicted octanol–water partition coefficient (Wildman–Crippen LogP) is 2.71. The van der Waals surface area contributed by atoms with Crippen LogP contribution in [0.2, 0.25) is 0 Å². The normalized spacial score (nSPS) is 19.2. The average molecular weight is 355 g/mol. The number of aromatic nitrogens is 2. The summed E-state index contributed by atoms with van der Waals surface area (Å²) in [7, 11) is 0. The molecule has 4 heterocycles. The molecule has 2 fully saturated rings. The van der Waals surface area contributed by atoms with Crippen molar-refractivity contribution in [2.75, 3.05) is 26.3 Å². The summed E-state index contributed by atoms with van der Waals surface area (Å²) in [5.74, 6) is 1.34. The maximum atomic E-state index is 13.1. The number of carbonyl (C=O) groups excluding carboxylic acids is 1. The molecule has 0 spiro atoms. The fourth-order valence-corrected chi connectivity index (χ4v) is 4.01. The first-order valence-electron chi connectivity index (χ1n) is 9.28. The van der Waals surface area contributed by atoms with Crippen molar-refractivity contribution in [3.8, 4) is 5.82 Å². The summed E-state index contributed by atoms with van der Waals surface area (Å²) in [5.41, 5.74) is 2.72. The first kappa shape index (κ1) is 17.2. The van der Waals surface area contributed by atoms with E-state index in [-0.39, 0.29) is 12.2 Å². The smallest absolute Gasteiger partial charge is 0.255 e. The Bertz CT molecular complexity index is 773. The molecular weight excluding hydrogens is 330 g/mol. The fraction of sp³-hybridized carbons (Fsp3) is 0.500. The molecule has 26 heavy (non-hydrogen) atoms. The van der Waals surface area contributed by atoms with Crippen LogP contribution in [0.5, 0.6) is 0 Å². The molecule has 2 aliphatic rings. The molecule has 6 heteroatoms. The van der Waals surface area contributed by atoms with Gasteiger partial charge in [-0.3, -0.25) is 4.79 Å². The highest BCUT2D eigenvalue weighted by Crippen LogP contribution is 2.28. The van der Waals surface area contributed by atoms with Crippen LogP contribution in [-0.4, -0.2) is 53.0 Å². The highest BCUT2D eigenvalue weighted by molar-refractivity contribution is 5.96. The molecule has 1 amide bonds. The molecule has 2 saturated heterocycles. The molecule has 4 rings (SSSR count). The van der Waals surface area contributed by atoms with Crippen LogP contribution in [0.1, 0.15) is 34.6 Å². The van der Waals surface area contributed by atoms with Gasteiger partial charge in [0.25, 0.3) is 5.91 Å². The van der Waals surface area contributed by atoms with Crippen LogP contribution in [0.3, 0.4) is 0 Å². The molecule has 0 radical (unpaired) electrons. The Labute approximate surface area is 153 Å². The van der Waals surface area contributed by atoms with Crippen molar-refractivity contribution in [3.05, 3.63) is 47.4 Å². The lowest BCUT2D eigenvalue weighted by Gasteiger charge is -2.33. The topological polar surface area (TPSA) is 56.6 Å². The summed E-state index contributed by atoms with van der Waals surface area (Å²) < 4.78 is 13.3. The molecule has 2 aromatic rings. The van der Waals surface area contributed by atoms with Crippen LogP contribution in [-0.2, 0) is 9.47 Å². The van der Waals surface area contributed by atoms with Crippen molar-refractivity contribution in [2.45, 2.75) is 33.0 Å². The second kappa shape index (κ2) is 7.21. The number of carbonyl (C=O) groups is 1. The van der Waals surface area contributed by atoms with Crippen LogP contribution in [0, 0.1) is 19.8 Å². The third-order valence-corrected chi connectivity index (χ3v) is 5.40. The first-order valence-corrected chi connectivity index (χ1v) is 9.28. The fourth-order valence-electron chi connectivity index (χ4n) is 4.01. The standard InChI is InChI=1S/C20H25N3O3/c1-14-13-17(15(2)23(14)18-5-3-4-8-21-18)19(24)22-9-6-16(7-10-22)20-25-11-12-26-20/h3-5,8,13,16,20H,6-7,9-12H2,1-2H3. The van der Waals surface area contributed by atoms with Gasteiger partial charge in [0, 0.05) is 36.6 Å². The second-order valence-electron chi connectivity index (χ2n) is 7.05. The zero-order valence-corrected chi connectivity index (χ0v) is 15.4. The summed E-state index contributed by atoms with van der Waals surface area (Å²) in [6, 6.07) is 7.79. The molecule has 0 bridgehead atoms. The van der Waals surface area contributed by atoms with Crippen LogP contribution in [0.15, 0.2) is 30.5 Å². The molecule has 2 aliphatic heterocycles. The highest BCUT2D eigenvalue weighted by atomic mass is 16.7. The number of amides is 1. The van der Waals surface area contributed by atoms with Gasteiger partial charge < -0.3 is 18.9 Å². The Morgan fingerprint density at radius 3 is 2.54 bits per heavy atom. The van der Waals surface area contributed by atoms with Gasteiger partial charge in [-0.15, -0.1) is 0 Å². The minimum Gasteiger partial charge on any atom is -0.350 e. The quantitative estimate of drug-likeness (QED) is 0.849. The molecule has 2 aromatic heterocycles. The Morgan fingerprint density at radius 2 is 1.88 bits per heavy atom. The lowest BCUT2D eigenvalue weighted by Crippen LogP contribution is -2.41. The number of rotatable bonds is 3. The van der Waals surface area contributed by atoms with Crippen LogP contribution in [0.25, 0.3) is 5.82 Å². The molecule has 0 aliphatic carbocycles. The minimum atomic E-state index is -0.0820. The number of likely N-dealkylation sites (tertiary alicyclic amines) is 1. The average Bonchev–Trinajstić information content (AvgIpc) is 3.30. The van der Waals surface area contributed by atoms with E-state index in [1.807, 2.05) is 47.6 Å². The van der Waals surface area contributed by atoms with Crippen molar-refractivity contribution in [3.63, 3.8) is 0 Å². The maximum absolute atomic E-state index is 13.1. The van der Waals surface area contributed by atoms with Crippen molar-refractivity contribution in [2.24, 2.45) is 5.92 Å². The van der Waals surface area contributed by atoms with Crippen LogP contribution in [0.4, 0.5) is 0 Å². The van der Waals surface area contributed by atoms with E-state index in [1.54, 1.807) is 6.20 Å². The van der Waals surface area contributed by atoms with Gasteiger partial charge in [0.1, 0.15) is 5.82 Å². The van der Waals surface area contributed by atoms with E-state index in [9.17, 15) is 4.79 Å². The van der Waals surface area contributed by atoms with Gasteiger partial charge in [-0.1, -0.05) is 6.07 Å². The number of pyridine rings is 1. The lowest BCUT2D eigenvalue weighted by molar-refractivity contribution is -0.0956. The van der Waals surface area contributed by atoms with Gasteiger partial charge >= 0.3 is 0 Å². The number of hydrogen-bond donors (Lipinski definition) is 0. The van der Waals surface area contributed by atoms with Crippen LogP contribution >= 0.6 is 0 Å². The van der Waals surface area contributed by atoms with E-state index in [2.05, 4.69) is 4.98 Å². The van der Waals surface area contributed by atoms with E-state index in [0.717, 1.165) is 48.7 Å². The molecular formula is C20H25N3O3. The first-order chi connectivity index (χ1) is 12.6. The Kier molecular flexibility index (Phi) is 4.78. The van der Waals surface area contributed by atoms with E-state index in [1.165, 1.54) is 0 Å². The van der Waals surface area contributed by atoms with Gasteiger partial charge in [0.2, 0.25) is 0 Å². The maximum Gasteiger partial charge on any atom is 0.255 e. The predicted molar refractivity (Wildman–Crippen MR) is 97.4 cm³/mol. The summed E-state index contributed by atoms with van der Waals surface area (Å²) in [5, 5.41) is 0. The number of ether oxygens (including phenoxy) is 2. The summed E-state index contributed by atoms with van der Waals surface area (Å²) in [6.07, 6.45) is 3.54. The van der Waals surface area contributed by atoms with Gasteiger partial charge in [0.05, 0.1) is 18.8 Å². The molecule has 138 valence electrons. The second-order valence-corrected chi connectivity index (χ2v) is 7.05. The number of aryl methyl sites for hydroxylation is 1. The van der Waals surface area contributed by atoms with Gasteiger partial charge in [-0.05, 0) is 44.9 Å². The third kappa shape index (κ3) is 3.15. The van der Waals surface area contributed by atoms with Gasteiger partial charge in [-0.25, -0.2) is 4.98 Å². The van der Waals surface area contributed by atoms with E-state index < -0.39 is 0 Å². The molecule has 0 N–H and O–H groups in total. The number of piperidine rings is 1. The Balaban J connectivity index is 1.49. The third-order valence-electron chi connectivity index (χ3n) is 5.40. The molecule has 0 atom stereocenters. The minimum absolute atomic E-state index is 0.0820. The van der Waals surface area contributed by atoms with Crippen molar-refractivity contribution < 1.29 is 14.3 Å². The highest BCUT2D eigenvalue weighted by Gasteiger charge is 2.32. The van der Waals surface area contributed by atoms with Crippen LogP contribution < -0.4 is 0 Å².